The first-order valence-corrected chi connectivity index (χ1v) is 25.7. The van der Waals surface area contributed by atoms with Crippen molar-refractivity contribution in [1.29, 1.82) is 0 Å². The van der Waals surface area contributed by atoms with Crippen molar-refractivity contribution in [3.8, 4) is 0 Å². The third-order valence-corrected chi connectivity index (χ3v) is 10.7. The first-order valence-electron chi connectivity index (χ1n) is 25.7. The van der Waals surface area contributed by atoms with Gasteiger partial charge in [0.1, 0.15) is 13.2 Å². The lowest BCUT2D eigenvalue weighted by Gasteiger charge is -2.26. The fourth-order valence-corrected chi connectivity index (χ4v) is 6.70. The smallest absolute Gasteiger partial charge is 0.306 e. The Bertz CT molecular complexity index is 1340. The molecule has 0 rings (SSSR count). The van der Waals surface area contributed by atoms with Gasteiger partial charge >= 0.3 is 11.9 Å². The van der Waals surface area contributed by atoms with Gasteiger partial charge in [-0.05, 0) is 64.2 Å². The summed E-state index contributed by atoms with van der Waals surface area (Å²) in [5.41, 5.74) is 0. The molecule has 0 aliphatic carbocycles. The van der Waals surface area contributed by atoms with Crippen molar-refractivity contribution < 1.29 is 42.9 Å². The number of hydrogen-bond donors (Lipinski definition) is 0. The third kappa shape index (κ3) is 48.2. The molecule has 0 fully saturated rings. The van der Waals surface area contributed by atoms with E-state index in [1.807, 2.05) is 27.2 Å². The second-order valence-electron chi connectivity index (χ2n) is 18.1. The largest absolute Gasteiger partial charge is 0.545 e. The van der Waals surface area contributed by atoms with Crippen LogP contribution in [0.15, 0.2) is 85.1 Å². The molecule has 9 heteroatoms. The maximum atomic E-state index is 12.8. The summed E-state index contributed by atoms with van der Waals surface area (Å²) in [4.78, 5) is 37.1. The van der Waals surface area contributed by atoms with Gasteiger partial charge in [-0.2, -0.15) is 0 Å². The average molecular weight is 910 g/mol. The van der Waals surface area contributed by atoms with Gasteiger partial charge in [-0.3, -0.25) is 9.59 Å². The van der Waals surface area contributed by atoms with E-state index in [0.717, 1.165) is 64.2 Å². The normalized spacial score (nSPS) is 13.6. The number of unbranched alkanes of at least 4 members (excludes halogenated alkanes) is 17. The van der Waals surface area contributed by atoms with E-state index in [-0.39, 0.29) is 38.6 Å². The zero-order valence-corrected chi connectivity index (χ0v) is 42.1. The number of esters is 2. The van der Waals surface area contributed by atoms with Crippen LogP contribution >= 0.6 is 0 Å². The summed E-state index contributed by atoms with van der Waals surface area (Å²) in [6.07, 6.45) is 57.7. The summed E-state index contributed by atoms with van der Waals surface area (Å²) < 4.78 is 22.6. The number of carbonyl (C=O) groups excluding carboxylic acids is 3. The molecule has 9 nitrogen and oxygen atoms in total. The van der Waals surface area contributed by atoms with Gasteiger partial charge in [-0.1, -0.05) is 202 Å². The number of rotatable bonds is 46. The summed E-state index contributed by atoms with van der Waals surface area (Å²) >= 11 is 0. The van der Waals surface area contributed by atoms with Crippen molar-refractivity contribution >= 4 is 17.9 Å². The first kappa shape index (κ1) is 61.5. The van der Waals surface area contributed by atoms with E-state index in [4.69, 9.17) is 18.9 Å². The Morgan fingerprint density at radius 1 is 0.477 bits per heavy atom. The SMILES string of the molecule is CC/C=C\C/C=C\C/C=C\C/C=C\C/C=C\C/C=C\C/C=C\CCCC(=O)OC(COC(=O)CCCCCCCCCCCCCCCCCCC)COC(OCC[N+](C)(C)C)C(=O)[O-]. The highest BCUT2D eigenvalue weighted by molar-refractivity contribution is 5.70. The van der Waals surface area contributed by atoms with Gasteiger partial charge in [0, 0.05) is 12.8 Å². The number of carbonyl (C=O) groups is 3. The van der Waals surface area contributed by atoms with Crippen LogP contribution in [0.5, 0.6) is 0 Å². The van der Waals surface area contributed by atoms with Gasteiger partial charge in [0.15, 0.2) is 12.4 Å². The van der Waals surface area contributed by atoms with E-state index in [2.05, 4.69) is 92.8 Å². The maximum absolute atomic E-state index is 12.8. The summed E-state index contributed by atoms with van der Waals surface area (Å²) in [7, 11) is 5.89. The summed E-state index contributed by atoms with van der Waals surface area (Å²) in [6, 6.07) is 0. The van der Waals surface area contributed by atoms with Crippen LogP contribution in [0.4, 0.5) is 0 Å². The van der Waals surface area contributed by atoms with Gasteiger partial charge < -0.3 is 33.3 Å². The lowest BCUT2D eigenvalue weighted by Crippen LogP contribution is -2.44. The molecule has 65 heavy (non-hydrogen) atoms. The number of aliphatic carboxylic acids is 1. The second-order valence-corrected chi connectivity index (χ2v) is 18.1. The Hall–Kier alpha value is -3.53. The van der Waals surface area contributed by atoms with Crippen molar-refractivity contribution in [2.24, 2.45) is 0 Å². The predicted octanol–water partition coefficient (Wildman–Crippen LogP) is 13.1. The lowest BCUT2D eigenvalue weighted by atomic mass is 10.0. The summed E-state index contributed by atoms with van der Waals surface area (Å²) in [5, 5.41) is 11.7. The van der Waals surface area contributed by atoms with Gasteiger partial charge in [-0.15, -0.1) is 0 Å². The highest BCUT2D eigenvalue weighted by atomic mass is 16.7. The fraction of sp³-hybridized carbons (Fsp3) is 0.696. The van der Waals surface area contributed by atoms with Gasteiger partial charge in [-0.25, -0.2) is 0 Å². The average Bonchev–Trinajstić information content (AvgIpc) is 3.27. The molecule has 0 aromatic carbocycles. The molecule has 0 amide bonds. The number of ether oxygens (including phenoxy) is 4. The molecule has 0 aromatic rings. The van der Waals surface area contributed by atoms with E-state index in [1.165, 1.54) is 89.9 Å². The number of allylic oxidation sites excluding steroid dienone is 14. The third-order valence-electron chi connectivity index (χ3n) is 10.7. The van der Waals surface area contributed by atoms with Crippen LogP contribution in [0.2, 0.25) is 0 Å². The minimum absolute atomic E-state index is 0.133. The minimum atomic E-state index is -1.64. The van der Waals surface area contributed by atoms with Crippen LogP contribution in [-0.2, 0) is 33.3 Å². The number of hydrogen-bond acceptors (Lipinski definition) is 8. The number of likely N-dealkylation sites (N-methyl/N-ethyl adjacent to an activating group) is 1. The summed E-state index contributed by atoms with van der Waals surface area (Å²) in [6.45, 7) is 4.56. The molecule has 0 heterocycles. The number of quaternary nitrogens is 1. The van der Waals surface area contributed by atoms with Gasteiger partial charge in [0.25, 0.3) is 0 Å². The molecular formula is C56H95NO8. The lowest BCUT2D eigenvalue weighted by molar-refractivity contribution is -0.870. The molecule has 2 atom stereocenters. The molecule has 0 aromatic heterocycles. The Balaban J connectivity index is 4.47. The van der Waals surface area contributed by atoms with Crippen molar-refractivity contribution in [3.05, 3.63) is 85.1 Å². The molecule has 0 saturated carbocycles. The topological polar surface area (TPSA) is 111 Å². The standard InChI is InChI=1S/C56H95NO8/c1-6-8-10-12-14-16-18-20-22-24-25-26-27-28-29-31-33-35-37-39-41-43-45-47-54(59)65-52(51-64-56(55(60)61)62-49-48-57(3,4)5)50-63-53(58)46-44-42-40-38-36-34-32-30-23-21-19-17-15-13-11-9-7-2/h8,10,14,16,20,22,25-26,28-29,33,35,39,41,52,56H,6-7,9,11-13,15,17-19,21,23-24,27,30-32,34,36-38,40,42-51H2,1-5H3/b10-8-,16-14-,22-20-,26-25-,29-28-,35-33-,41-39-. The van der Waals surface area contributed by atoms with Crippen LogP contribution in [0, 0.1) is 0 Å². The Kier molecular flexibility index (Phi) is 44.4. The highest BCUT2D eigenvalue weighted by Gasteiger charge is 2.21. The van der Waals surface area contributed by atoms with Crippen molar-refractivity contribution in [3.63, 3.8) is 0 Å². The van der Waals surface area contributed by atoms with E-state index < -0.39 is 24.3 Å². The van der Waals surface area contributed by atoms with E-state index in [0.29, 0.717) is 23.9 Å². The van der Waals surface area contributed by atoms with E-state index >= 15 is 0 Å². The first-order chi connectivity index (χ1) is 31.6. The molecule has 0 aliphatic rings. The number of carboxylic acids is 1. The molecule has 372 valence electrons. The van der Waals surface area contributed by atoms with Crippen molar-refractivity contribution in [2.75, 3.05) is 47.5 Å². The molecule has 0 aliphatic heterocycles. The zero-order chi connectivity index (χ0) is 47.7. The maximum Gasteiger partial charge on any atom is 0.306 e. The molecule has 2 unspecified atom stereocenters. The second kappa shape index (κ2) is 47.0. The Morgan fingerprint density at radius 3 is 1.29 bits per heavy atom. The Labute approximate surface area is 398 Å². The van der Waals surface area contributed by atoms with Gasteiger partial charge in [0.05, 0.1) is 40.3 Å². The highest BCUT2D eigenvalue weighted by Crippen LogP contribution is 2.15. The molecule has 0 spiro atoms. The molecule has 0 saturated heterocycles. The van der Waals surface area contributed by atoms with Gasteiger partial charge in [0.2, 0.25) is 0 Å². The van der Waals surface area contributed by atoms with Crippen LogP contribution in [0.1, 0.15) is 194 Å². The van der Waals surface area contributed by atoms with Crippen LogP contribution in [-0.4, -0.2) is 82.3 Å². The zero-order valence-electron chi connectivity index (χ0n) is 42.1. The van der Waals surface area contributed by atoms with Crippen molar-refractivity contribution in [2.45, 2.75) is 206 Å². The van der Waals surface area contributed by atoms with Crippen LogP contribution in [0.3, 0.4) is 0 Å². The summed E-state index contributed by atoms with van der Waals surface area (Å²) in [5.74, 6) is -2.37. The molecule has 0 radical (unpaired) electrons. The number of nitrogens with zero attached hydrogens (tertiary/aromatic N) is 1. The monoisotopic (exact) mass is 910 g/mol. The van der Waals surface area contributed by atoms with E-state index in [9.17, 15) is 19.5 Å². The minimum Gasteiger partial charge on any atom is -0.545 e. The molecule has 0 bridgehead atoms. The number of carboxylic acid groups (broad SMARTS) is 1. The van der Waals surface area contributed by atoms with E-state index in [1.54, 1.807) is 0 Å². The predicted molar refractivity (Wildman–Crippen MR) is 269 cm³/mol. The Morgan fingerprint density at radius 2 is 0.877 bits per heavy atom. The molecule has 0 N–H and O–H groups in total. The fourth-order valence-electron chi connectivity index (χ4n) is 6.70. The van der Waals surface area contributed by atoms with Crippen LogP contribution < -0.4 is 5.11 Å². The van der Waals surface area contributed by atoms with Crippen LogP contribution in [0.25, 0.3) is 0 Å². The van der Waals surface area contributed by atoms with Crippen molar-refractivity contribution in [1.82, 2.24) is 0 Å². The quantitative estimate of drug-likeness (QED) is 0.0195. The molecular weight excluding hydrogens is 815 g/mol.